The van der Waals surface area contributed by atoms with Crippen LogP contribution in [0.15, 0.2) is 119 Å². The summed E-state index contributed by atoms with van der Waals surface area (Å²) >= 11 is 0. The van der Waals surface area contributed by atoms with Gasteiger partial charge in [-0.25, -0.2) is 0 Å². The SMILES string of the molecule is CC(C)=CCC/C(C)=C/C=C/C(C)/C=C/CC(C)/C=C/C=C/C(C)/C=C/C=C(\C)CC/C=C(\C)CCC=C(C)C. The van der Waals surface area contributed by atoms with E-state index in [9.17, 15) is 0 Å². The van der Waals surface area contributed by atoms with Crippen molar-refractivity contribution in [2.24, 2.45) is 17.8 Å². The first-order valence-corrected chi connectivity index (χ1v) is 15.6. The van der Waals surface area contributed by atoms with Gasteiger partial charge in [0.25, 0.3) is 0 Å². The molecule has 0 aromatic heterocycles. The Morgan fingerprint density at radius 3 is 1.43 bits per heavy atom. The molecule has 0 heterocycles. The van der Waals surface area contributed by atoms with Gasteiger partial charge in [-0.3, -0.25) is 0 Å². The van der Waals surface area contributed by atoms with Gasteiger partial charge in [0.15, 0.2) is 0 Å². The van der Waals surface area contributed by atoms with Crippen LogP contribution in [0.5, 0.6) is 0 Å². The van der Waals surface area contributed by atoms with Crippen LogP contribution >= 0.6 is 0 Å². The molecular weight excluding hydrogens is 480 g/mol. The van der Waals surface area contributed by atoms with E-state index in [1.165, 1.54) is 34.3 Å². The van der Waals surface area contributed by atoms with E-state index < -0.39 is 0 Å². The summed E-state index contributed by atoms with van der Waals surface area (Å²) in [5.41, 5.74) is 7.19. The highest BCUT2D eigenvalue weighted by Gasteiger charge is 1.95. The van der Waals surface area contributed by atoms with Crippen molar-refractivity contribution in [3.8, 4) is 0 Å². The molecule has 0 saturated heterocycles. The Kier molecular flexibility index (Phi) is 22.6. The summed E-state index contributed by atoms with van der Waals surface area (Å²) in [6.45, 7) is 22.2. The maximum atomic E-state index is 2.40. The molecule has 0 aromatic carbocycles. The van der Waals surface area contributed by atoms with Crippen LogP contribution in [0.25, 0.3) is 0 Å². The van der Waals surface area contributed by atoms with Gasteiger partial charge in [0.2, 0.25) is 0 Å². The second kappa shape index (κ2) is 24.2. The van der Waals surface area contributed by atoms with Crippen LogP contribution in [-0.2, 0) is 0 Å². The van der Waals surface area contributed by atoms with Crippen LogP contribution in [0, 0.1) is 17.8 Å². The van der Waals surface area contributed by atoms with Crippen molar-refractivity contribution >= 4 is 0 Å². The predicted octanol–water partition coefficient (Wildman–Crippen LogP) is 13.2. The standard InChI is InChI=1S/C40H62/c1-33(2)19-13-23-37(7)27-17-31-39(9)29-15-25-35(5)21-11-12-22-36(6)26-16-30-40(10)32-18-28-38(8)24-14-20-34(3)4/h11-12,15-17,19-22,26-31,35-36,39H,13-14,18,23-25,32H2,1-10H3/b21-11+,22-12+,26-16+,29-15+,31-17+,37-27+,38-28+,40-30+. The number of hydrogen-bond acceptors (Lipinski definition) is 0. The van der Waals surface area contributed by atoms with Crippen molar-refractivity contribution in [1.82, 2.24) is 0 Å². The van der Waals surface area contributed by atoms with Crippen LogP contribution in [-0.4, -0.2) is 0 Å². The van der Waals surface area contributed by atoms with Crippen LogP contribution in [0.1, 0.15) is 114 Å². The van der Waals surface area contributed by atoms with E-state index in [-0.39, 0.29) is 0 Å². The largest absolute Gasteiger partial charge is 0.0874 e. The molecule has 0 radical (unpaired) electrons. The van der Waals surface area contributed by atoms with Crippen molar-refractivity contribution in [2.75, 3.05) is 0 Å². The summed E-state index contributed by atoms with van der Waals surface area (Å²) < 4.78 is 0. The molecule has 0 N–H and O–H groups in total. The fourth-order valence-corrected chi connectivity index (χ4v) is 3.99. The van der Waals surface area contributed by atoms with Crippen molar-refractivity contribution in [3.63, 3.8) is 0 Å². The third-order valence-corrected chi connectivity index (χ3v) is 6.72. The Labute approximate surface area is 250 Å². The van der Waals surface area contributed by atoms with Gasteiger partial charge in [0.05, 0.1) is 0 Å². The fraction of sp³-hybridized carbons (Fsp3) is 0.500. The number of allylic oxidation sites excluding steroid dienone is 20. The third-order valence-electron chi connectivity index (χ3n) is 6.72. The van der Waals surface area contributed by atoms with Crippen LogP contribution in [0.2, 0.25) is 0 Å². The van der Waals surface area contributed by atoms with E-state index in [1.807, 2.05) is 0 Å². The zero-order chi connectivity index (χ0) is 30.2. The Morgan fingerprint density at radius 2 is 0.900 bits per heavy atom. The third kappa shape index (κ3) is 25.7. The molecule has 0 aliphatic heterocycles. The van der Waals surface area contributed by atoms with Crippen molar-refractivity contribution in [2.45, 2.75) is 114 Å². The summed E-state index contributed by atoms with van der Waals surface area (Å²) in [5, 5.41) is 0. The lowest BCUT2D eigenvalue weighted by molar-refractivity contribution is 0.738. The zero-order valence-electron chi connectivity index (χ0n) is 27.8. The Morgan fingerprint density at radius 1 is 0.475 bits per heavy atom. The lowest BCUT2D eigenvalue weighted by atomic mass is 10.0. The molecule has 0 saturated carbocycles. The molecule has 0 bridgehead atoms. The van der Waals surface area contributed by atoms with Gasteiger partial charge in [-0.2, -0.15) is 0 Å². The lowest BCUT2D eigenvalue weighted by Gasteiger charge is -2.02. The minimum absolute atomic E-state index is 0.429. The summed E-state index contributed by atoms with van der Waals surface area (Å²) in [4.78, 5) is 0. The van der Waals surface area contributed by atoms with Gasteiger partial charge < -0.3 is 0 Å². The van der Waals surface area contributed by atoms with Gasteiger partial charge in [0, 0.05) is 0 Å². The quantitative estimate of drug-likeness (QED) is 0.112. The van der Waals surface area contributed by atoms with Crippen molar-refractivity contribution in [3.05, 3.63) is 119 Å². The van der Waals surface area contributed by atoms with Crippen molar-refractivity contribution in [1.29, 1.82) is 0 Å². The summed E-state index contributed by atoms with van der Waals surface area (Å²) in [6.07, 6.45) is 42.1. The Bertz CT molecular complexity index is 969. The average Bonchev–Trinajstić information content (AvgIpc) is 2.86. The van der Waals surface area contributed by atoms with Crippen molar-refractivity contribution < 1.29 is 0 Å². The highest BCUT2D eigenvalue weighted by Crippen LogP contribution is 2.13. The predicted molar refractivity (Wildman–Crippen MR) is 186 cm³/mol. The molecule has 0 aromatic rings. The van der Waals surface area contributed by atoms with E-state index in [4.69, 9.17) is 0 Å². The summed E-state index contributed by atoms with van der Waals surface area (Å²) in [5.74, 6) is 1.43. The van der Waals surface area contributed by atoms with E-state index in [0.29, 0.717) is 17.8 Å². The topological polar surface area (TPSA) is 0 Å². The molecule has 0 rings (SSSR count). The molecule has 0 aliphatic rings. The molecule has 40 heavy (non-hydrogen) atoms. The molecule has 0 nitrogen and oxygen atoms in total. The molecule has 0 amide bonds. The van der Waals surface area contributed by atoms with Gasteiger partial charge in [0.1, 0.15) is 0 Å². The van der Waals surface area contributed by atoms with Gasteiger partial charge in [-0.1, -0.05) is 140 Å². The monoisotopic (exact) mass is 542 g/mol. The Hall–Kier alpha value is -2.60. The molecule has 3 unspecified atom stereocenters. The molecular formula is C40H62. The van der Waals surface area contributed by atoms with E-state index in [1.54, 1.807) is 0 Å². The number of hydrogen-bond donors (Lipinski definition) is 0. The average molecular weight is 543 g/mol. The normalized spacial score (nSPS) is 16.1. The Balaban J connectivity index is 4.35. The first-order valence-electron chi connectivity index (χ1n) is 15.6. The molecule has 0 spiro atoms. The summed E-state index contributed by atoms with van der Waals surface area (Å²) in [6, 6.07) is 0. The van der Waals surface area contributed by atoms with Crippen LogP contribution < -0.4 is 0 Å². The van der Waals surface area contributed by atoms with E-state index >= 15 is 0 Å². The molecule has 0 heteroatoms. The lowest BCUT2D eigenvalue weighted by Crippen LogP contribution is -1.88. The van der Waals surface area contributed by atoms with Gasteiger partial charge in [-0.05, 0) is 111 Å². The molecule has 3 atom stereocenters. The minimum Gasteiger partial charge on any atom is -0.0874 e. The fourth-order valence-electron chi connectivity index (χ4n) is 3.99. The second-order valence-corrected chi connectivity index (χ2v) is 12.2. The highest BCUT2D eigenvalue weighted by atomic mass is 14.0. The maximum absolute atomic E-state index is 2.40. The molecule has 222 valence electrons. The van der Waals surface area contributed by atoms with Gasteiger partial charge >= 0.3 is 0 Å². The second-order valence-electron chi connectivity index (χ2n) is 12.2. The van der Waals surface area contributed by atoms with E-state index in [2.05, 4.69) is 160 Å². The first kappa shape index (κ1) is 37.4. The van der Waals surface area contributed by atoms with Crippen LogP contribution in [0.3, 0.4) is 0 Å². The highest BCUT2D eigenvalue weighted by molar-refractivity contribution is 5.16. The molecule has 0 aliphatic carbocycles. The molecule has 0 fully saturated rings. The smallest absolute Gasteiger partial charge is 0.00756 e. The van der Waals surface area contributed by atoms with E-state index in [0.717, 1.165) is 38.5 Å². The maximum Gasteiger partial charge on any atom is -0.00756 e. The van der Waals surface area contributed by atoms with Gasteiger partial charge in [-0.15, -0.1) is 0 Å². The van der Waals surface area contributed by atoms with Crippen LogP contribution in [0.4, 0.5) is 0 Å². The minimum atomic E-state index is 0.429. The zero-order valence-corrected chi connectivity index (χ0v) is 27.8. The number of rotatable bonds is 19. The first-order chi connectivity index (χ1) is 19.0. The summed E-state index contributed by atoms with van der Waals surface area (Å²) in [7, 11) is 0.